The van der Waals surface area contributed by atoms with Crippen molar-refractivity contribution < 1.29 is 53.9 Å². The molecular formula is C63H75BN4O10S2+2. The van der Waals surface area contributed by atoms with Gasteiger partial charge < -0.3 is 27.7 Å². The van der Waals surface area contributed by atoms with Gasteiger partial charge in [0, 0.05) is 53.8 Å². The maximum absolute atomic E-state index is 13.4. The number of carbonyl (C=O) groups is 1. The Bertz CT molecular complexity index is 3770. The molecule has 2 N–H and O–H groups in total. The van der Waals surface area contributed by atoms with Crippen molar-refractivity contribution >= 4 is 76.7 Å². The number of hydrogen-bond acceptors (Lipinski definition) is 9. The van der Waals surface area contributed by atoms with Gasteiger partial charge in [-0.05, 0) is 125 Å². The van der Waals surface area contributed by atoms with Crippen molar-refractivity contribution in [1.29, 1.82) is 0 Å². The van der Waals surface area contributed by atoms with E-state index in [4.69, 9.17) is 19.2 Å². The minimum atomic E-state index is -4.11. The van der Waals surface area contributed by atoms with Crippen LogP contribution in [0.25, 0.3) is 37.9 Å². The number of carbonyl (C=O) groups excluding carboxylic acids is 1. The normalized spacial score (nSPS) is 13.7. The predicted octanol–water partition coefficient (Wildman–Crippen LogP) is 9.38. The van der Waals surface area contributed by atoms with E-state index < -0.39 is 33.1 Å². The largest absolute Gasteiger partial charge is 0.460 e. The molecule has 0 aliphatic carbocycles. The molecular weight excluding hydrogens is 1050 g/mol. The van der Waals surface area contributed by atoms with E-state index in [0.29, 0.717) is 53.9 Å². The highest BCUT2D eigenvalue weighted by molar-refractivity contribution is 7.86. The van der Waals surface area contributed by atoms with E-state index in [9.17, 15) is 30.7 Å². The number of ether oxygens (including phenoxy) is 3. The van der Waals surface area contributed by atoms with Crippen LogP contribution in [0.15, 0.2) is 94.6 Å². The molecule has 1 aliphatic rings. The topological polar surface area (TPSA) is 171 Å². The summed E-state index contributed by atoms with van der Waals surface area (Å²) < 4.78 is 84.4. The highest BCUT2D eigenvalue weighted by Gasteiger charge is 2.31. The van der Waals surface area contributed by atoms with Gasteiger partial charge in [-0.3, -0.25) is 14.1 Å². The zero-order chi connectivity index (χ0) is 58.2. The smallest absolute Gasteiger partial charge is 0.433 e. The molecule has 420 valence electrons. The van der Waals surface area contributed by atoms with E-state index in [1.165, 1.54) is 5.57 Å². The summed E-state index contributed by atoms with van der Waals surface area (Å²) in [7, 11) is 1.29. The quantitative estimate of drug-likeness (QED) is 0.0127. The molecule has 6 aromatic rings. The van der Waals surface area contributed by atoms with Gasteiger partial charge >= 0.3 is 12.8 Å². The number of benzene rings is 5. The number of methoxy groups -OCH3 is 1. The lowest BCUT2D eigenvalue weighted by Gasteiger charge is -2.27. The van der Waals surface area contributed by atoms with Gasteiger partial charge in [-0.15, -0.1) is 11.6 Å². The third kappa shape index (κ3) is 14.9. The fourth-order valence-electron chi connectivity index (χ4n) is 10.8. The monoisotopic (exact) mass is 1120 g/mol. The van der Waals surface area contributed by atoms with E-state index in [1.54, 1.807) is 7.11 Å². The van der Waals surface area contributed by atoms with Crippen molar-refractivity contribution in [3.8, 4) is 35.3 Å². The van der Waals surface area contributed by atoms with Gasteiger partial charge in [-0.25, -0.2) is 4.79 Å². The molecule has 2 heterocycles. The summed E-state index contributed by atoms with van der Waals surface area (Å²) >= 11 is 0. The summed E-state index contributed by atoms with van der Waals surface area (Å²) in [4.78, 5) is 18.7. The third-order valence-corrected chi connectivity index (χ3v) is 16.5. The fourth-order valence-corrected chi connectivity index (χ4v) is 11.8. The van der Waals surface area contributed by atoms with E-state index in [2.05, 4.69) is 112 Å². The Morgan fingerprint density at radius 1 is 0.700 bits per heavy atom. The number of allylic oxidation sites excluding steroid dienone is 2. The summed E-state index contributed by atoms with van der Waals surface area (Å²) in [5.74, 6) is 19.8. The van der Waals surface area contributed by atoms with Gasteiger partial charge in [0.1, 0.15) is 19.7 Å². The van der Waals surface area contributed by atoms with Crippen LogP contribution in [-0.4, -0.2) is 157 Å². The second-order valence-electron chi connectivity index (χ2n) is 21.8. The number of hydrogen-bond donors (Lipinski definition) is 2. The van der Waals surface area contributed by atoms with Crippen LogP contribution in [0.1, 0.15) is 96.5 Å². The second-order valence-corrected chi connectivity index (χ2v) is 25.0. The Kier molecular flexibility index (Phi) is 19.8. The summed E-state index contributed by atoms with van der Waals surface area (Å²) in [5, 5.41) is 5.86. The van der Waals surface area contributed by atoms with Crippen LogP contribution < -0.4 is 0 Å². The number of aliphatic imine (C=N–C) groups is 1. The molecule has 0 amide bonds. The average Bonchev–Trinajstić information content (AvgIpc) is 3.90. The predicted molar refractivity (Wildman–Crippen MR) is 323 cm³/mol. The van der Waals surface area contributed by atoms with Gasteiger partial charge in [0.05, 0.1) is 83.9 Å². The minimum absolute atomic E-state index is 0.131. The molecule has 14 nitrogen and oxygen atoms in total. The van der Waals surface area contributed by atoms with Gasteiger partial charge in [0.2, 0.25) is 0 Å². The maximum atomic E-state index is 13.4. The fraction of sp³-hybridized carbons (Fsp3) is 0.397. The Balaban J connectivity index is 1.31. The molecule has 7 rings (SSSR count). The Hall–Kier alpha value is -6.56. The summed E-state index contributed by atoms with van der Waals surface area (Å²) in [6, 6.07) is 24.4. The molecule has 1 aliphatic heterocycles. The summed E-state index contributed by atoms with van der Waals surface area (Å²) in [6.07, 6.45) is 2.10. The first-order chi connectivity index (χ1) is 37.9. The Morgan fingerprint density at radius 2 is 1.26 bits per heavy atom. The lowest BCUT2D eigenvalue weighted by Crippen LogP contribution is -2.41. The lowest BCUT2D eigenvalue weighted by atomic mass is 9.63. The molecule has 0 saturated heterocycles. The molecule has 17 heteroatoms. The highest BCUT2D eigenvalue weighted by atomic mass is 32.2. The first-order valence-corrected chi connectivity index (χ1v) is 30.4. The molecule has 0 bridgehead atoms. The van der Waals surface area contributed by atoms with E-state index >= 15 is 0 Å². The summed E-state index contributed by atoms with van der Waals surface area (Å²) in [5.41, 5.74) is 12.3. The second kappa shape index (κ2) is 25.9. The maximum Gasteiger partial charge on any atom is 0.433 e. The first kappa shape index (κ1) is 61.1. The van der Waals surface area contributed by atoms with Gasteiger partial charge in [-0.2, -0.15) is 16.8 Å². The van der Waals surface area contributed by atoms with Crippen molar-refractivity contribution in [2.24, 2.45) is 4.99 Å². The van der Waals surface area contributed by atoms with Crippen LogP contribution in [0, 0.1) is 49.2 Å². The van der Waals surface area contributed by atoms with Crippen LogP contribution in [0.5, 0.6) is 0 Å². The molecule has 0 spiro atoms. The SMILES string of the molecule is CCC1=C(C)/C(=C(\c2ccc(C#Cc3ccc4ccc5c(C(=O)OCCOCCOC)ccc6ccc3c4c65)cc2)c2c(C)c(CC)c(C)n2B(C#CC[N+](C)(C)CCCS(=O)(=O)O)C#CC[N+](C)(C)CCCS(=O)(=O)O)N=C1C. The number of esters is 1. The van der Waals surface area contributed by atoms with Crippen LogP contribution in [0.3, 0.4) is 0 Å². The van der Waals surface area contributed by atoms with Crippen molar-refractivity contribution in [3.05, 3.63) is 134 Å². The highest BCUT2D eigenvalue weighted by Crippen LogP contribution is 2.41. The average molecular weight is 1120 g/mol. The number of quaternary nitrogens is 2. The Morgan fingerprint density at radius 3 is 1.82 bits per heavy atom. The van der Waals surface area contributed by atoms with Crippen LogP contribution in [0.2, 0.25) is 0 Å². The number of aromatic nitrogens is 1. The van der Waals surface area contributed by atoms with Crippen molar-refractivity contribution in [2.45, 2.75) is 67.2 Å². The molecule has 5 aromatic carbocycles. The third-order valence-electron chi connectivity index (χ3n) is 14.9. The summed E-state index contributed by atoms with van der Waals surface area (Å²) in [6.45, 7) is 15.1. The van der Waals surface area contributed by atoms with E-state index in [0.717, 1.165) is 107 Å². The van der Waals surface area contributed by atoms with Gasteiger partial charge in [0.25, 0.3) is 20.2 Å². The van der Waals surface area contributed by atoms with Crippen molar-refractivity contribution in [1.82, 2.24) is 4.48 Å². The minimum Gasteiger partial charge on any atom is -0.460 e. The van der Waals surface area contributed by atoms with Crippen molar-refractivity contribution in [2.75, 3.05) is 99.4 Å². The van der Waals surface area contributed by atoms with E-state index in [1.807, 2.05) is 70.7 Å². The van der Waals surface area contributed by atoms with Gasteiger partial charge in [-0.1, -0.05) is 86.1 Å². The Labute approximate surface area is 474 Å². The van der Waals surface area contributed by atoms with Crippen LogP contribution in [-0.2, 0) is 40.9 Å². The van der Waals surface area contributed by atoms with Crippen molar-refractivity contribution in [3.63, 3.8) is 0 Å². The lowest BCUT2D eigenvalue weighted by molar-refractivity contribution is -0.883. The standard InChI is InChI=1S/C63H73BN4O10S2/c1-12-53-44(3)61(65-46(53)5)60(62-45(4)54(13-2)47(6)66(62)64(32-14-34-67(7,8)36-16-42-79(70,71)72)33-15-35-68(9,10)37-17-43-80(73,74)75)52-22-19-48(20-23-52)18-21-49-24-25-50-27-30-56-57(63(69)78-41-40-77-39-38-76-11)31-28-51-26-29-55(49)58(50)59(51)56/h19-20,22-31H,12-13,16-17,34-43H2,1-11H3/p+2/b61-60-. The zero-order valence-electron chi connectivity index (χ0n) is 48.2. The molecule has 0 saturated carbocycles. The zero-order valence-corrected chi connectivity index (χ0v) is 49.8. The van der Waals surface area contributed by atoms with Crippen LogP contribution in [0.4, 0.5) is 0 Å². The molecule has 0 atom stereocenters. The first-order valence-electron chi connectivity index (χ1n) is 27.2. The van der Waals surface area contributed by atoms with E-state index in [-0.39, 0.29) is 37.6 Å². The molecule has 0 radical (unpaired) electrons. The molecule has 0 fully saturated rings. The number of rotatable bonds is 22. The number of nitrogens with zero attached hydrogens (tertiary/aromatic N) is 4. The van der Waals surface area contributed by atoms with Gasteiger partial charge in [0.15, 0.2) is 0 Å². The molecule has 80 heavy (non-hydrogen) atoms. The van der Waals surface area contributed by atoms with Crippen LogP contribution >= 0.6 is 0 Å². The molecule has 0 unspecified atom stereocenters. The molecule has 1 aromatic heterocycles.